The van der Waals surface area contributed by atoms with Crippen LogP contribution < -0.4 is 14.8 Å². The number of carbonyl (C=O) groups is 1. The van der Waals surface area contributed by atoms with Gasteiger partial charge in [0.25, 0.3) is 0 Å². The van der Waals surface area contributed by atoms with E-state index in [2.05, 4.69) is 24.2 Å². The predicted molar refractivity (Wildman–Crippen MR) is 174 cm³/mol. The number of amides is 1. The van der Waals surface area contributed by atoms with Gasteiger partial charge in [-0.3, -0.25) is 9.69 Å². The number of nitrogens with one attached hydrogen (secondary N) is 1. The smallest absolute Gasteiger partial charge is 0.246 e. The number of rotatable bonds is 12. The molecule has 0 bridgehead atoms. The lowest BCUT2D eigenvalue weighted by molar-refractivity contribution is -0.129. The van der Waals surface area contributed by atoms with Crippen molar-refractivity contribution in [2.75, 3.05) is 39.1 Å². The first-order valence-electron chi connectivity index (χ1n) is 15.6. The van der Waals surface area contributed by atoms with Crippen LogP contribution in [0.5, 0.6) is 17.2 Å². The maximum absolute atomic E-state index is 13.3. The number of carbonyl (C=O) groups excluding carboxylic acids is 1. The first-order valence-corrected chi connectivity index (χ1v) is 15.6. The van der Waals surface area contributed by atoms with E-state index in [9.17, 15) is 4.79 Å². The topological polar surface area (TPSA) is 84.8 Å². The molecular weight excluding hydrogens is 552 g/mol. The Morgan fingerprint density at radius 1 is 1.05 bits per heavy atom. The third kappa shape index (κ3) is 7.05. The fraction of sp³-hybridized carbons (Fsp3) is 0.400. The molecule has 1 saturated heterocycles. The highest BCUT2D eigenvalue weighted by molar-refractivity contribution is 5.93. The molecule has 0 spiro atoms. The van der Waals surface area contributed by atoms with Gasteiger partial charge in [-0.25, -0.2) is 9.67 Å². The summed E-state index contributed by atoms with van der Waals surface area (Å²) in [5.41, 5.74) is 2.98. The number of aromatic nitrogens is 3. The molecule has 6 rings (SSSR count). The number of anilines is 1. The number of methoxy groups -OCH3 is 1. The summed E-state index contributed by atoms with van der Waals surface area (Å²) >= 11 is 0. The number of benzene rings is 2. The molecule has 1 saturated carbocycles. The van der Waals surface area contributed by atoms with E-state index in [1.54, 1.807) is 19.4 Å². The number of aryl methyl sites for hydroxylation is 1. The number of nitrogens with zero attached hydrogens (tertiary/aromatic N) is 5. The highest BCUT2D eigenvalue weighted by Crippen LogP contribution is 2.35. The molecule has 2 aliphatic rings. The standard InChI is InChI=1S/C35H42N6O3/c1-25-9-15-30(16-10-25)44-31-19-20-36-35-33(31)34(38-41(35)24-26-11-17-29(43-3)18-12-26)37-23-28-7-4-5-22-40(28)32(42)8-6-21-39(2)27-13-14-27/h6,8-12,15-20,27-28H,4-5,7,13-14,21-24H2,1-3H3,(H,37,38)/b8-6+/t28-/m0/s1. The zero-order valence-electron chi connectivity index (χ0n) is 25.9. The molecule has 0 unspecified atom stereocenters. The van der Waals surface area contributed by atoms with Gasteiger partial charge in [-0.05, 0) is 75.9 Å². The molecule has 9 heteroatoms. The molecule has 230 valence electrons. The van der Waals surface area contributed by atoms with Gasteiger partial charge in [0.15, 0.2) is 11.5 Å². The van der Waals surface area contributed by atoms with Gasteiger partial charge in [0, 0.05) is 50.1 Å². The van der Waals surface area contributed by atoms with Crippen molar-refractivity contribution in [3.05, 3.63) is 84.1 Å². The Bertz CT molecular complexity index is 1590. The van der Waals surface area contributed by atoms with Crippen LogP contribution in [0.1, 0.15) is 43.2 Å². The molecule has 1 aliphatic heterocycles. The van der Waals surface area contributed by atoms with Crippen LogP contribution in [0.2, 0.25) is 0 Å². The number of piperidine rings is 1. The Morgan fingerprint density at radius 3 is 2.57 bits per heavy atom. The molecule has 44 heavy (non-hydrogen) atoms. The minimum absolute atomic E-state index is 0.0713. The number of ether oxygens (including phenoxy) is 2. The van der Waals surface area contributed by atoms with Crippen LogP contribution in [0.4, 0.5) is 5.82 Å². The maximum atomic E-state index is 13.3. The van der Waals surface area contributed by atoms with E-state index in [0.29, 0.717) is 30.7 Å². The Kier molecular flexibility index (Phi) is 9.12. The van der Waals surface area contributed by atoms with Crippen molar-refractivity contribution in [3.63, 3.8) is 0 Å². The van der Waals surface area contributed by atoms with Gasteiger partial charge in [-0.15, -0.1) is 0 Å². The van der Waals surface area contributed by atoms with Crippen molar-refractivity contribution >= 4 is 22.8 Å². The second kappa shape index (κ2) is 13.5. The van der Waals surface area contributed by atoms with Crippen LogP contribution in [-0.4, -0.2) is 76.3 Å². The van der Waals surface area contributed by atoms with Crippen molar-refractivity contribution in [1.82, 2.24) is 24.6 Å². The summed E-state index contributed by atoms with van der Waals surface area (Å²) in [6.07, 6.45) is 11.1. The van der Waals surface area contributed by atoms with Gasteiger partial charge in [-0.1, -0.05) is 35.9 Å². The minimum Gasteiger partial charge on any atom is -0.497 e. The van der Waals surface area contributed by atoms with E-state index in [1.165, 1.54) is 18.4 Å². The zero-order valence-corrected chi connectivity index (χ0v) is 25.9. The van der Waals surface area contributed by atoms with Crippen molar-refractivity contribution in [2.45, 2.75) is 57.7 Å². The molecule has 4 aromatic rings. The quantitative estimate of drug-likeness (QED) is 0.201. The van der Waals surface area contributed by atoms with Gasteiger partial charge < -0.3 is 19.7 Å². The van der Waals surface area contributed by atoms with Crippen molar-refractivity contribution in [1.29, 1.82) is 0 Å². The zero-order chi connectivity index (χ0) is 30.5. The normalized spacial score (nSPS) is 17.0. The van der Waals surface area contributed by atoms with Crippen LogP contribution >= 0.6 is 0 Å². The maximum Gasteiger partial charge on any atom is 0.246 e. The summed E-state index contributed by atoms with van der Waals surface area (Å²) in [4.78, 5) is 22.3. The average molecular weight is 595 g/mol. The van der Waals surface area contributed by atoms with E-state index in [-0.39, 0.29) is 11.9 Å². The van der Waals surface area contributed by atoms with Gasteiger partial charge in [0.2, 0.25) is 5.91 Å². The number of likely N-dealkylation sites (N-methyl/N-ethyl adjacent to an activating group) is 1. The monoisotopic (exact) mass is 594 g/mol. The van der Waals surface area contributed by atoms with Gasteiger partial charge in [0.05, 0.1) is 13.7 Å². The summed E-state index contributed by atoms with van der Waals surface area (Å²) in [6, 6.07) is 18.6. The Balaban J connectivity index is 1.25. The fourth-order valence-corrected chi connectivity index (χ4v) is 5.82. The van der Waals surface area contributed by atoms with Gasteiger partial charge in [0.1, 0.15) is 22.6 Å². The van der Waals surface area contributed by atoms with Gasteiger partial charge in [-0.2, -0.15) is 5.10 Å². The number of fused-ring (bicyclic) bond motifs is 1. The van der Waals surface area contributed by atoms with E-state index < -0.39 is 0 Å². The van der Waals surface area contributed by atoms with Crippen molar-refractivity contribution in [3.8, 4) is 17.2 Å². The van der Waals surface area contributed by atoms with Crippen LogP contribution in [0.15, 0.2) is 72.9 Å². The molecule has 2 aromatic heterocycles. The fourth-order valence-electron chi connectivity index (χ4n) is 5.82. The summed E-state index contributed by atoms with van der Waals surface area (Å²) in [6.45, 7) is 4.76. The first-order chi connectivity index (χ1) is 21.5. The molecule has 1 aliphatic carbocycles. The average Bonchev–Trinajstić information content (AvgIpc) is 3.84. The molecule has 3 heterocycles. The number of hydrogen-bond donors (Lipinski definition) is 1. The Labute approximate surface area is 259 Å². The van der Waals surface area contributed by atoms with Crippen LogP contribution in [0.25, 0.3) is 11.0 Å². The summed E-state index contributed by atoms with van der Waals surface area (Å²) in [7, 11) is 3.79. The molecule has 9 nitrogen and oxygen atoms in total. The summed E-state index contributed by atoms with van der Waals surface area (Å²) < 4.78 is 13.6. The molecule has 0 radical (unpaired) electrons. The highest BCUT2D eigenvalue weighted by atomic mass is 16.5. The largest absolute Gasteiger partial charge is 0.497 e. The van der Waals surface area contributed by atoms with Gasteiger partial charge >= 0.3 is 0 Å². The molecule has 2 aromatic carbocycles. The van der Waals surface area contributed by atoms with Crippen molar-refractivity contribution in [2.24, 2.45) is 0 Å². The lowest BCUT2D eigenvalue weighted by Crippen LogP contribution is -2.46. The lowest BCUT2D eigenvalue weighted by Gasteiger charge is -2.35. The number of pyridine rings is 1. The SMILES string of the molecule is COc1ccc(Cn2nc(NC[C@@H]3CCCCN3C(=O)/C=C/CN(C)C3CC3)c3c(Oc4ccc(C)cc4)ccnc32)cc1. The van der Waals surface area contributed by atoms with Crippen LogP contribution in [-0.2, 0) is 11.3 Å². The van der Waals surface area contributed by atoms with Crippen molar-refractivity contribution < 1.29 is 14.3 Å². The molecule has 1 atom stereocenters. The first kappa shape index (κ1) is 29.7. The Hall–Kier alpha value is -4.37. The van der Waals surface area contributed by atoms with E-state index in [1.807, 2.05) is 70.3 Å². The predicted octanol–water partition coefficient (Wildman–Crippen LogP) is 6.03. The molecular formula is C35H42N6O3. The number of likely N-dealkylation sites (tertiary alicyclic amines) is 1. The number of hydrogen-bond acceptors (Lipinski definition) is 7. The Morgan fingerprint density at radius 2 is 1.82 bits per heavy atom. The second-order valence-electron chi connectivity index (χ2n) is 11.9. The second-order valence-corrected chi connectivity index (χ2v) is 11.9. The van der Waals surface area contributed by atoms with E-state index in [0.717, 1.165) is 60.4 Å². The third-order valence-corrected chi connectivity index (χ3v) is 8.57. The third-order valence-electron chi connectivity index (χ3n) is 8.57. The highest BCUT2D eigenvalue weighted by Gasteiger charge is 2.27. The minimum atomic E-state index is 0.0713. The van der Waals surface area contributed by atoms with E-state index >= 15 is 0 Å². The van der Waals surface area contributed by atoms with Crippen LogP contribution in [0.3, 0.4) is 0 Å². The molecule has 1 N–H and O–H groups in total. The van der Waals surface area contributed by atoms with E-state index in [4.69, 9.17) is 19.6 Å². The summed E-state index contributed by atoms with van der Waals surface area (Å²) in [5, 5.41) is 9.42. The molecule has 2 fully saturated rings. The van der Waals surface area contributed by atoms with Crippen LogP contribution in [0, 0.1) is 6.92 Å². The lowest BCUT2D eigenvalue weighted by atomic mass is 10.0. The molecule has 1 amide bonds. The summed E-state index contributed by atoms with van der Waals surface area (Å²) in [5.74, 6) is 3.02.